The van der Waals surface area contributed by atoms with Crippen molar-refractivity contribution in [3.05, 3.63) is 114 Å². The Labute approximate surface area is 181 Å². The Balaban J connectivity index is 1.82. The predicted molar refractivity (Wildman–Crippen MR) is 126 cm³/mol. The summed E-state index contributed by atoms with van der Waals surface area (Å²) in [6.45, 7) is 0. The second-order valence-electron chi connectivity index (χ2n) is 7.56. The van der Waals surface area contributed by atoms with Crippen LogP contribution in [0.1, 0.15) is 17.2 Å². The van der Waals surface area contributed by atoms with E-state index in [-0.39, 0.29) is 11.8 Å². The zero-order valence-corrected chi connectivity index (χ0v) is 17.2. The van der Waals surface area contributed by atoms with Gasteiger partial charge in [0.15, 0.2) is 0 Å². The van der Waals surface area contributed by atoms with Crippen molar-refractivity contribution < 1.29 is 5.11 Å². The summed E-state index contributed by atoms with van der Waals surface area (Å²) in [6, 6.07) is 31.8. The molecular weight excluding hydrogens is 382 g/mol. The molecule has 0 fully saturated rings. The molecule has 2 heterocycles. The monoisotopic (exact) mass is 405 g/mol. The first-order valence-electron chi connectivity index (χ1n) is 10.3. The maximum atomic E-state index is 10.8. The lowest BCUT2D eigenvalue weighted by Gasteiger charge is -2.23. The summed E-state index contributed by atoms with van der Waals surface area (Å²) in [5.41, 5.74) is 5.29. The molecule has 0 bridgehead atoms. The van der Waals surface area contributed by atoms with Crippen LogP contribution in [0.25, 0.3) is 22.2 Å². The van der Waals surface area contributed by atoms with Gasteiger partial charge in [-0.05, 0) is 29.8 Å². The van der Waals surface area contributed by atoms with E-state index in [0.29, 0.717) is 0 Å². The normalized spacial score (nSPS) is 12.0. The minimum Gasteiger partial charge on any atom is -0.508 e. The summed E-state index contributed by atoms with van der Waals surface area (Å²) in [5, 5.41) is 15.5. The highest BCUT2D eigenvalue weighted by Gasteiger charge is 2.27. The molecule has 0 spiro atoms. The number of aryl methyl sites for hydroxylation is 1. The third-order valence-electron chi connectivity index (χ3n) is 5.69. The molecule has 5 rings (SSSR count). The summed E-state index contributed by atoms with van der Waals surface area (Å²) in [6.07, 6.45) is 1.77. The van der Waals surface area contributed by atoms with Gasteiger partial charge in [-0.2, -0.15) is 0 Å². The van der Waals surface area contributed by atoms with E-state index in [4.69, 9.17) is 0 Å². The minimum atomic E-state index is -0.294. The van der Waals surface area contributed by atoms with Crippen LogP contribution in [0.5, 0.6) is 5.75 Å². The van der Waals surface area contributed by atoms with Gasteiger partial charge in [0.2, 0.25) is 0 Å². The molecule has 0 saturated heterocycles. The number of para-hydroxylation sites is 2. The average molecular weight is 406 g/mol. The van der Waals surface area contributed by atoms with Gasteiger partial charge in [0, 0.05) is 35.3 Å². The summed E-state index contributed by atoms with van der Waals surface area (Å²) >= 11 is 0. The summed E-state index contributed by atoms with van der Waals surface area (Å²) in [4.78, 5) is 4.49. The number of aromatic hydroxyl groups is 1. The molecule has 4 nitrogen and oxygen atoms in total. The Morgan fingerprint density at radius 2 is 1.52 bits per heavy atom. The van der Waals surface area contributed by atoms with Gasteiger partial charge < -0.3 is 15.0 Å². The molecule has 0 radical (unpaired) electrons. The standard InChI is InChI=1S/C27H23N3O/c1-30-22-15-7-5-13-20(22)25(27(30)19-11-3-2-4-12-19)26(21-14-6-8-16-23(21)31)29-24-17-9-10-18-28-24/h2-18,26,31H,1H3,(H,28,29)/t26-/m1/s1. The van der Waals surface area contributed by atoms with Gasteiger partial charge in [0.25, 0.3) is 0 Å². The van der Waals surface area contributed by atoms with Gasteiger partial charge in [0.1, 0.15) is 11.6 Å². The fourth-order valence-corrected chi connectivity index (χ4v) is 4.29. The lowest BCUT2D eigenvalue weighted by molar-refractivity contribution is 0.466. The Morgan fingerprint density at radius 3 is 2.29 bits per heavy atom. The van der Waals surface area contributed by atoms with Crippen LogP contribution in [0, 0.1) is 0 Å². The van der Waals surface area contributed by atoms with Crippen LogP contribution < -0.4 is 5.32 Å². The number of fused-ring (bicyclic) bond motifs is 1. The van der Waals surface area contributed by atoms with Crippen molar-refractivity contribution in [1.29, 1.82) is 0 Å². The Hall–Kier alpha value is -4.05. The molecule has 1 atom stereocenters. The Bertz CT molecular complexity index is 1330. The summed E-state index contributed by atoms with van der Waals surface area (Å²) in [7, 11) is 2.09. The summed E-state index contributed by atoms with van der Waals surface area (Å²) < 4.78 is 2.23. The van der Waals surface area contributed by atoms with Crippen LogP contribution in [-0.4, -0.2) is 14.7 Å². The zero-order valence-electron chi connectivity index (χ0n) is 17.2. The third-order valence-corrected chi connectivity index (χ3v) is 5.69. The molecule has 0 unspecified atom stereocenters. The molecular formula is C27H23N3O. The van der Waals surface area contributed by atoms with Crippen LogP contribution in [0.4, 0.5) is 5.82 Å². The van der Waals surface area contributed by atoms with Crippen molar-refractivity contribution in [1.82, 2.24) is 9.55 Å². The molecule has 3 aromatic carbocycles. The Kier molecular flexibility index (Phi) is 4.89. The molecule has 2 aromatic heterocycles. The van der Waals surface area contributed by atoms with Gasteiger partial charge in [-0.3, -0.25) is 0 Å². The van der Waals surface area contributed by atoms with Gasteiger partial charge in [-0.15, -0.1) is 0 Å². The highest BCUT2D eigenvalue weighted by molar-refractivity contribution is 5.93. The number of hydrogen-bond acceptors (Lipinski definition) is 3. The summed E-state index contributed by atoms with van der Waals surface area (Å²) in [5.74, 6) is 1.01. The molecule has 0 aliphatic heterocycles. The largest absolute Gasteiger partial charge is 0.508 e. The number of phenolic OH excluding ortho intramolecular Hbond substituents is 1. The number of benzene rings is 3. The lowest BCUT2D eigenvalue weighted by atomic mass is 9.92. The number of rotatable bonds is 5. The Morgan fingerprint density at radius 1 is 0.806 bits per heavy atom. The van der Waals surface area contributed by atoms with E-state index in [1.807, 2.05) is 42.5 Å². The molecule has 0 aliphatic rings. The van der Waals surface area contributed by atoms with Crippen molar-refractivity contribution in [2.45, 2.75) is 6.04 Å². The molecule has 0 amide bonds. The number of nitrogens with zero attached hydrogens (tertiary/aromatic N) is 2. The van der Waals surface area contributed by atoms with Crippen molar-refractivity contribution in [2.75, 3.05) is 5.32 Å². The van der Waals surface area contributed by atoms with E-state index >= 15 is 0 Å². The van der Waals surface area contributed by atoms with Crippen LogP contribution in [-0.2, 0) is 7.05 Å². The first-order valence-corrected chi connectivity index (χ1v) is 10.3. The highest BCUT2D eigenvalue weighted by atomic mass is 16.3. The first-order chi connectivity index (χ1) is 15.2. The second kappa shape index (κ2) is 8.00. The van der Waals surface area contributed by atoms with E-state index in [9.17, 15) is 5.11 Å². The molecule has 31 heavy (non-hydrogen) atoms. The molecule has 5 aromatic rings. The van der Waals surface area contributed by atoms with Crippen LogP contribution in [0.3, 0.4) is 0 Å². The number of phenols is 1. The van der Waals surface area contributed by atoms with Gasteiger partial charge in [0.05, 0.1) is 11.7 Å². The smallest absolute Gasteiger partial charge is 0.126 e. The van der Waals surface area contributed by atoms with Crippen molar-refractivity contribution in [2.24, 2.45) is 7.05 Å². The molecule has 0 aliphatic carbocycles. The van der Waals surface area contributed by atoms with Gasteiger partial charge >= 0.3 is 0 Å². The van der Waals surface area contributed by atoms with Crippen molar-refractivity contribution >= 4 is 16.7 Å². The van der Waals surface area contributed by atoms with E-state index < -0.39 is 0 Å². The van der Waals surface area contributed by atoms with E-state index in [2.05, 4.69) is 70.4 Å². The van der Waals surface area contributed by atoms with Crippen molar-refractivity contribution in [3.8, 4) is 17.0 Å². The molecule has 0 saturated carbocycles. The van der Waals surface area contributed by atoms with Crippen LogP contribution >= 0.6 is 0 Å². The first kappa shape index (κ1) is 18.9. The van der Waals surface area contributed by atoms with Crippen molar-refractivity contribution in [3.63, 3.8) is 0 Å². The number of anilines is 1. The maximum absolute atomic E-state index is 10.8. The number of pyridine rings is 1. The van der Waals surface area contributed by atoms with E-state index in [1.165, 1.54) is 0 Å². The number of aromatic nitrogens is 2. The zero-order chi connectivity index (χ0) is 21.2. The molecule has 4 heteroatoms. The second-order valence-corrected chi connectivity index (χ2v) is 7.56. The van der Waals surface area contributed by atoms with Gasteiger partial charge in [-0.25, -0.2) is 4.98 Å². The fraction of sp³-hybridized carbons (Fsp3) is 0.0741. The minimum absolute atomic E-state index is 0.253. The lowest BCUT2D eigenvalue weighted by Crippen LogP contribution is -2.14. The number of nitrogens with one attached hydrogen (secondary N) is 1. The quantitative estimate of drug-likeness (QED) is 0.369. The van der Waals surface area contributed by atoms with Gasteiger partial charge in [-0.1, -0.05) is 72.8 Å². The van der Waals surface area contributed by atoms with E-state index in [1.54, 1.807) is 12.3 Å². The van der Waals surface area contributed by atoms with Crippen LogP contribution in [0.2, 0.25) is 0 Å². The van der Waals surface area contributed by atoms with E-state index in [0.717, 1.165) is 39.1 Å². The molecule has 2 N–H and O–H groups in total. The SMILES string of the molecule is Cn1c(-c2ccccc2)c([C@H](Nc2ccccn2)c2ccccc2O)c2ccccc21. The average Bonchev–Trinajstić information content (AvgIpc) is 3.12. The maximum Gasteiger partial charge on any atom is 0.126 e. The predicted octanol–water partition coefficient (Wildman–Crippen LogP) is 6.15. The molecule has 152 valence electrons. The number of hydrogen-bond donors (Lipinski definition) is 2. The third kappa shape index (κ3) is 3.42. The fourth-order valence-electron chi connectivity index (χ4n) is 4.29. The topological polar surface area (TPSA) is 50.1 Å². The highest BCUT2D eigenvalue weighted by Crippen LogP contribution is 2.42. The van der Waals surface area contributed by atoms with Crippen LogP contribution in [0.15, 0.2) is 103 Å².